The van der Waals surface area contributed by atoms with E-state index in [1.165, 1.54) is 29.6 Å². The van der Waals surface area contributed by atoms with E-state index < -0.39 is 10.0 Å². The van der Waals surface area contributed by atoms with Gasteiger partial charge in [-0.25, -0.2) is 8.42 Å². The van der Waals surface area contributed by atoms with Gasteiger partial charge in [-0.05, 0) is 62.2 Å². The van der Waals surface area contributed by atoms with Gasteiger partial charge >= 0.3 is 0 Å². The van der Waals surface area contributed by atoms with Crippen molar-refractivity contribution in [1.29, 1.82) is 0 Å². The van der Waals surface area contributed by atoms with E-state index in [0.717, 1.165) is 60.5 Å². The van der Waals surface area contributed by atoms with Gasteiger partial charge < -0.3 is 14.6 Å². The quantitative estimate of drug-likeness (QED) is 0.272. The number of amides is 1. The Morgan fingerprint density at radius 1 is 1.03 bits per heavy atom. The van der Waals surface area contributed by atoms with Gasteiger partial charge in [0.2, 0.25) is 15.9 Å². The summed E-state index contributed by atoms with van der Waals surface area (Å²) in [5, 5.41) is 5.32. The maximum absolute atomic E-state index is 13.8. The van der Waals surface area contributed by atoms with Crippen LogP contribution in [0.25, 0.3) is 21.8 Å². The first-order valence-corrected chi connectivity index (χ1v) is 14.8. The van der Waals surface area contributed by atoms with Crippen molar-refractivity contribution in [3.05, 3.63) is 65.7 Å². The van der Waals surface area contributed by atoms with Crippen molar-refractivity contribution in [2.24, 2.45) is 0 Å². The van der Waals surface area contributed by atoms with Gasteiger partial charge in [-0.3, -0.25) is 4.79 Å². The normalized spacial score (nSPS) is 14.8. The van der Waals surface area contributed by atoms with Crippen LogP contribution in [0.15, 0.2) is 65.6 Å². The first-order chi connectivity index (χ1) is 18.3. The summed E-state index contributed by atoms with van der Waals surface area (Å²) in [4.78, 5) is 13.4. The number of nitrogens with one attached hydrogen (secondary N) is 1. The predicted octanol–water partition coefficient (Wildman–Crippen LogP) is 6.44. The Hall–Kier alpha value is -3.07. The van der Waals surface area contributed by atoms with E-state index in [1.807, 2.05) is 30.3 Å². The number of benzene rings is 3. The average Bonchev–Trinajstić information content (AvgIpc) is 3.25. The fraction of sp³-hybridized carbons (Fsp3) is 0.345. The molecule has 200 valence electrons. The molecule has 9 heteroatoms. The summed E-state index contributed by atoms with van der Waals surface area (Å²) in [6.07, 6.45) is 4.37. The van der Waals surface area contributed by atoms with Crippen molar-refractivity contribution in [1.82, 2.24) is 8.87 Å². The van der Waals surface area contributed by atoms with Gasteiger partial charge in [-0.1, -0.05) is 49.1 Å². The summed E-state index contributed by atoms with van der Waals surface area (Å²) in [5.41, 5.74) is 2.87. The minimum atomic E-state index is -3.97. The molecule has 5 rings (SSSR count). The second-order valence-electron chi connectivity index (χ2n) is 9.68. The highest BCUT2D eigenvalue weighted by Crippen LogP contribution is 2.33. The number of carbonyl (C=O) groups excluding carboxylic acids is 1. The van der Waals surface area contributed by atoms with Crippen LogP contribution in [0.5, 0.6) is 5.75 Å². The van der Waals surface area contributed by atoms with Crippen LogP contribution in [0.1, 0.15) is 39.0 Å². The molecule has 0 aliphatic heterocycles. The summed E-state index contributed by atoms with van der Waals surface area (Å²) in [7, 11) is -2.49. The molecule has 1 fully saturated rings. The first-order valence-electron chi connectivity index (χ1n) is 13.0. The molecule has 0 atom stereocenters. The minimum Gasteiger partial charge on any atom is -0.495 e. The molecule has 0 bridgehead atoms. The van der Waals surface area contributed by atoms with Crippen LogP contribution in [0.2, 0.25) is 5.02 Å². The number of hydrogen-bond donors (Lipinski definition) is 1. The molecule has 1 aliphatic rings. The van der Waals surface area contributed by atoms with Crippen molar-refractivity contribution in [2.45, 2.75) is 56.5 Å². The Labute approximate surface area is 228 Å². The molecule has 7 nitrogen and oxygen atoms in total. The zero-order chi connectivity index (χ0) is 26.9. The Balaban J connectivity index is 1.44. The summed E-state index contributed by atoms with van der Waals surface area (Å²) in [6.45, 7) is 2.67. The van der Waals surface area contributed by atoms with Gasteiger partial charge in [0, 0.05) is 40.1 Å². The lowest BCUT2D eigenvalue weighted by Crippen LogP contribution is -2.45. The highest BCUT2D eigenvalue weighted by molar-refractivity contribution is 7.89. The second kappa shape index (κ2) is 11.0. The molecule has 1 N–H and O–H groups in total. The van der Waals surface area contributed by atoms with E-state index in [4.69, 9.17) is 16.3 Å². The van der Waals surface area contributed by atoms with E-state index in [1.54, 1.807) is 0 Å². The van der Waals surface area contributed by atoms with Crippen molar-refractivity contribution < 1.29 is 17.9 Å². The van der Waals surface area contributed by atoms with Crippen molar-refractivity contribution in [3.8, 4) is 5.75 Å². The lowest BCUT2D eigenvalue weighted by atomic mass is 9.95. The lowest BCUT2D eigenvalue weighted by molar-refractivity contribution is -0.116. The third-order valence-electron chi connectivity index (χ3n) is 7.38. The topological polar surface area (TPSA) is 80.6 Å². The number of halogens is 1. The molecule has 0 saturated heterocycles. The monoisotopic (exact) mass is 553 g/mol. The number of nitrogens with zero attached hydrogens (tertiary/aromatic N) is 2. The molecule has 4 aromatic rings. The van der Waals surface area contributed by atoms with E-state index >= 15 is 0 Å². The molecule has 38 heavy (non-hydrogen) atoms. The molecule has 0 unspecified atom stereocenters. The molecule has 3 aromatic carbocycles. The molecule has 1 heterocycles. The summed E-state index contributed by atoms with van der Waals surface area (Å²) in [6, 6.07) is 18.2. The molecule has 0 spiro atoms. The van der Waals surface area contributed by atoms with Crippen LogP contribution in [0.3, 0.4) is 0 Å². The number of hydrogen-bond acceptors (Lipinski definition) is 4. The summed E-state index contributed by atoms with van der Waals surface area (Å²) in [5.74, 6) is 0.0183. The van der Waals surface area contributed by atoms with Crippen LogP contribution < -0.4 is 10.1 Å². The number of ether oxygens (including phenoxy) is 1. The standard InChI is InChI=1S/C29H32ClN3O4S/c1-3-32-26-12-8-7-11-23(26)24-17-20(13-15-27(24)32)31-29(34)19-33(21-9-5-4-6-10-21)38(35,36)22-14-16-28(37-2)25(30)18-22/h7-8,11-18,21H,3-6,9-10,19H2,1-2H3,(H,31,34). The summed E-state index contributed by atoms with van der Waals surface area (Å²) < 4.78 is 36.3. The largest absolute Gasteiger partial charge is 0.495 e. The fourth-order valence-corrected chi connectivity index (χ4v) is 7.53. The third kappa shape index (κ3) is 5.00. The number of fused-ring (bicyclic) bond motifs is 3. The lowest BCUT2D eigenvalue weighted by Gasteiger charge is -2.33. The van der Waals surface area contributed by atoms with Gasteiger partial charge in [-0.2, -0.15) is 4.31 Å². The number of aryl methyl sites for hydroxylation is 1. The number of carbonyl (C=O) groups is 1. The maximum atomic E-state index is 13.8. The highest BCUT2D eigenvalue weighted by Gasteiger charge is 2.34. The molecule has 1 aliphatic carbocycles. The van der Waals surface area contributed by atoms with E-state index in [2.05, 4.69) is 28.9 Å². The van der Waals surface area contributed by atoms with Gasteiger partial charge in [0.25, 0.3) is 0 Å². The molecule has 0 radical (unpaired) electrons. The minimum absolute atomic E-state index is 0.0514. The van der Waals surface area contributed by atoms with Gasteiger partial charge in [-0.15, -0.1) is 0 Å². The third-order valence-corrected chi connectivity index (χ3v) is 9.57. The van der Waals surface area contributed by atoms with E-state index in [9.17, 15) is 13.2 Å². The van der Waals surface area contributed by atoms with Crippen LogP contribution in [-0.2, 0) is 21.4 Å². The Morgan fingerprint density at radius 2 is 1.76 bits per heavy atom. The maximum Gasteiger partial charge on any atom is 0.243 e. The van der Waals surface area contributed by atoms with Crippen molar-refractivity contribution in [3.63, 3.8) is 0 Å². The first kappa shape index (κ1) is 26.5. The average molecular weight is 554 g/mol. The van der Waals surface area contributed by atoms with Gasteiger partial charge in [0.15, 0.2) is 0 Å². The molecule has 1 aromatic heterocycles. The second-order valence-corrected chi connectivity index (χ2v) is 12.0. The van der Waals surface area contributed by atoms with Gasteiger partial charge in [0.05, 0.1) is 23.6 Å². The molecule has 1 saturated carbocycles. The molecular weight excluding hydrogens is 522 g/mol. The number of para-hydroxylation sites is 1. The number of anilines is 1. The number of sulfonamides is 1. The number of aromatic nitrogens is 1. The van der Waals surface area contributed by atoms with Crippen LogP contribution >= 0.6 is 11.6 Å². The predicted molar refractivity (Wildman–Crippen MR) is 153 cm³/mol. The summed E-state index contributed by atoms with van der Waals surface area (Å²) >= 11 is 6.25. The zero-order valence-corrected chi connectivity index (χ0v) is 23.2. The molecule has 1 amide bonds. The number of rotatable bonds is 8. The number of methoxy groups -OCH3 is 1. The van der Waals surface area contributed by atoms with E-state index in [0.29, 0.717) is 11.4 Å². The highest BCUT2D eigenvalue weighted by atomic mass is 35.5. The zero-order valence-electron chi connectivity index (χ0n) is 21.6. The molecular formula is C29H32ClN3O4S. The SMILES string of the molecule is CCn1c2ccccc2c2cc(NC(=O)CN(C3CCCCC3)S(=O)(=O)c3ccc(OC)c(Cl)c3)ccc21. The van der Waals surface area contributed by atoms with Crippen LogP contribution in [0, 0.1) is 0 Å². The smallest absolute Gasteiger partial charge is 0.243 e. The van der Waals surface area contributed by atoms with Crippen LogP contribution in [-0.4, -0.2) is 42.9 Å². The van der Waals surface area contributed by atoms with Gasteiger partial charge in [0.1, 0.15) is 5.75 Å². The Bertz CT molecular complexity index is 1590. The Morgan fingerprint density at radius 3 is 2.47 bits per heavy atom. The van der Waals surface area contributed by atoms with Crippen LogP contribution in [0.4, 0.5) is 5.69 Å². The van der Waals surface area contributed by atoms with Crippen molar-refractivity contribution >= 4 is 55.0 Å². The van der Waals surface area contributed by atoms with Crippen molar-refractivity contribution in [2.75, 3.05) is 19.0 Å². The Kier molecular flexibility index (Phi) is 7.66. The van der Waals surface area contributed by atoms with E-state index in [-0.39, 0.29) is 28.4 Å². The fourth-order valence-electron chi connectivity index (χ4n) is 5.54.